The summed E-state index contributed by atoms with van der Waals surface area (Å²) in [4.78, 5) is 0. The quantitative estimate of drug-likeness (QED) is 0.897. The molecule has 0 aliphatic heterocycles. The molecule has 4 nitrogen and oxygen atoms in total. The van der Waals surface area contributed by atoms with Crippen LogP contribution in [-0.2, 0) is 7.05 Å². The lowest BCUT2D eigenvalue weighted by molar-refractivity contribution is 0.675. The van der Waals surface area contributed by atoms with Gasteiger partial charge in [-0.15, -0.1) is 0 Å². The molecule has 0 aliphatic carbocycles. The summed E-state index contributed by atoms with van der Waals surface area (Å²) in [6.45, 7) is 4.00. The molecule has 1 atom stereocenters. The molecule has 0 bridgehead atoms. The molecule has 92 valence electrons. The van der Waals surface area contributed by atoms with Gasteiger partial charge < -0.3 is 5.32 Å². The third kappa shape index (κ3) is 2.21. The van der Waals surface area contributed by atoms with Crippen LogP contribution in [0.25, 0.3) is 0 Å². The molecule has 0 aliphatic rings. The van der Waals surface area contributed by atoms with E-state index in [4.69, 9.17) is 0 Å². The van der Waals surface area contributed by atoms with Gasteiger partial charge in [0.05, 0.1) is 23.0 Å². The van der Waals surface area contributed by atoms with E-state index in [2.05, 4.69) is 23.4 Å². The predicted octanol–water partition coefficient (Wildman–Crippen LogP) is 2.77. The highest BCUT2D eigenvalue weighted by Gasteiger charge is 2.12. The molecule has 0 saturated heterocycles. The van der Waals surface area contributed by atoms with Crippen LogP contribution in [0, 0.1) is 18.3 Å². The van der Waals surface area contributed by atoms with Gasteiger partial charge in [-0.1, -0.05) is 12.1 Å². The van der Waals surface area contributed by atoms with E-state index in [0.29, 0.717) is 5.56 Å². The van der Waals surface area contributed by atoms with Crippen molar-refractivity contribution in [2.75, 3.05) is 5.32 Å². The summed E-state index contributed by atoms with van der Waals surface area (Å²) in [6.07, 6.45) is 1.77. The summed E-state index contributed by atoms with van der Waals surface area (Å²) in [7, 11) is 1.91. The molecule has 0 fully saturated rings. The van der Waals surface area contributed by atoms with Crippen LogP contribution in [0.5, 0.6) is 0 Å². The highest BCUT2D eigenvalue weighted by molar-refractivity contribution is 5.61. The third-order valence-corrected chi connectivity index (χ3v) is 3.06. The maximum absolute atomic E-state index is 9.19. The average molecular weight is 240 g/mol. The molecule has 1 aromatic heterocycles. The van der Waals surface area contributed by atoms with Gasteiger partial charge in [0.25, 0.3) is 0 Å². The molecule has 0 amide bonds. The Kier molecular flexibility index (Phi) is 3.33. The van der Waals surface area contributed by atoms with Gasteiger partial charge in [-0.25, -0.2) is 0 Å². The molecule has 2 rings (SSSR count). The lowest BCUT2D eigenvalue weighted by Crippen LogP contribution is -2.12. The Morgan fingerprint density at radius 3 is 2.78 bits per heavy atom. The first-order valence-electron chi connectivity index (χ1n) is 5.87. The van der Waals surface area contributed by atoms with Crippen molar-refractivity contribution in [3.8, 4) is 6.07 Å². The van der Waals surface area contributed by atoms with Crippen molar-refractivity contribution in [3.63, 3.8) is 0 Å². The van der Waals surface area contributed by atoms with Crippen LogP contribution in [0.1, 0.15) is 29.8 Å². The number of hydrogen-bond donors (Lipinski definition) is 1. The monoisotopic (exact) mass is 240 g/mol. The van der Waals surface area contributed by atoms with Crippen molar-refractivity contribution in [1.29, 1.82) is 5.26 Å². The normalized spacial score (nSPS) is 11.9. The Morgan fingerprint density at radius 2 is 2.17 bits per heavy atom. The SMILES string of the molecule is Cc1cccc(NC(C)c2ccnn2C)c1C#N. The molecule has 4 heteroatoms. The number of aryl methyl sites for hydroxylation is 2. The Labute approximate surface area is 107 Å². The first-order chi connectivity index (χ1) is 8.63. The van der Waals surface area contributed by atoms with Gasteiger partial charge in [-0.3, -0.25) is 4.68 Å². The Balaban J connectivity index is 2.28. The number of hydrogen-bond acceptors (Lipinski definition) is 3. The molecule has 18 heavy (non-hydrogen) atoms. The van der Waals surface area contributed by atoms with Crippen molar-refractivity contribution < 1.29 is 0 Å². The molecule has 1 aromatic carbocycles. The molecule has 2 aromatic rings. The molecule has 0 spiro atoms. The highest BCUT2D eigenvalue weighted by atomic mass is 15.3. The summed E-state index contributed by atoms with van der Waals surface area (Å²) in [5.74, 6) is 0. The van der Waals surface area contributed by atoms with Crippen molar-refractivity contribution in [2.24, 2.45) is 7.05 Å². The van der Waals surface area contributed by atoms with Crippen LogP contribution in [0.4, 0.5) is 5.69 Å². The Hall–Kier alpha value is -2.28. The van der Waals surface area contributed by atoms with Crippen LogP contribution >= 0.6 is 0 Å². The minimum absolute atomic E-state index is 0.103. The summed E-state index contributed by atoms with van der Waals surface area (Å²) in [5, 5.41) is 16.7. The van der Waals surface area contributed by atoms with Crippen LogP contribution in [-0.4, -0.2) is 9.78 Å². The first-order valence-corrected chi connectivity index (χ1v) is 5.87. The number of rotatable bonds is 3. The minimum atomic E-state index is 0.103. The summed E-state index contributed by atoms with van der Waals surface area (Å²) >= 11 is 0. The van der Waals surface area contributed by atoms with Crippen LogP contribution < -0.4 is 5.32 Å². The van der Waals surface area contributed by atoms with E-state index in [1.165, 1.54) is 0 Å². The van der Waals surface area contributed by atoms with E-state index in [1.807, 2.05) is 42.9 Å². The zero-order valence-electron chi connectivity index (χ0n) is 10.8. The van der Waals surface area contributed by atoms with Crippen LogP contribution in [0.15, 0.2) is 30.5 Å². The number of nitrogens with zero attached hydrogens (tertiary/aromatic N) is 3. The Morgan fingerprint density at radius 1 is 1.39 bits per heavy atom. The van der Waals surface area contributed by atoms with E-state index in [-0.39, 0.29) is 6.04 Å². The smallest absolute Gasteiger partial charge is 0.102 e. The summed E-state index contributed by atoms with van der Waals surface area (Å²) < 4.78 is 1.83. The fourth-order valence-electron chi connectivity index (χ4n) is 2.05. The van der Waals surface area contributed by atoms with Crippen molar-refractivity contribution in [1.82, 2.24) is 9.78 Å². The Bertz CT molecular complexity index is 592. The molecule has 1 N–H and O–H groups in total. The second kappa shape index (κ2) is 4.92. The molecular formula is C14H16N4. The summed E-state index contributed by atoms with van der Waals surface area (Å²) in [6, 6.07) is 10.1. The van der Waals surface area contributed by atoms with Gasteiger partial charge in [0.15, 0.2) is 0 Å². The predicted molar refractivity (Wildman–Crippen MR) is 71.1 cm³/mol. The fourth-order valence-corrected chi connectivity index (χ4v) is 2.05. The molecular weight excluding hydrogens is 224 g/mol. The average Bonchev–Trinajstić information content (AvgIpc) is 2.76. The summed E-state index contributed by atoms with van der Waals surface area (Å²) in [5.41, 5.74) is 3.64. The van der Waals surface area contributed by atoms with E-state index in [1.54, 1.807) is 6.20 Å². The second-order valence-electron chi connectivity index (χ2n) is 4.35. The maximum Gasteiger partial charge on any atom is 0.102 e. The van der Waals surface area contributed by atoms with Gasteiger partial charge in [-0.05, 0) is 31.5 Å². The molecule has 1 unspecified atom stereocenters. The van der Waals surface area contributed by atoms with Crippen LogP contribution in [0.3, 0.4) is 0 Å². The molecule has 1 heterocycles. The van der Waals surface area contributed by atoms with Crippen molar-refractivity contribution in [3.05, 3.63) is 47.3 Å². The van der Waals surface area contributed by atoms with Crippen molar-refractivity contribution in [2.45, 2.75) is 19.9 Å². The van der Waals surface area contributed by atoms with E-state index >= 15 is 0 Å². The number of aromatic nitrogens is 2. The largest absolute Gasteiger partial charge is 0.376 e. The van der Waals surface area contributed by atoms with Gasteiger partial charge in [0, 0.05) is 13.2 Å². The number of nitriles is 1. The van der Waals surface area contributed by atoms with Gasteiger partial charge in [-0.2, -0.15) is 10.4 Å². The fraction of sp³-hybridized carbons (Fsp3) is 0.286. The van der Waals surface area contributed by atoms with E-state index in [0.717, 1.165) is 16.9 Å². The van der Waals surface area contributed by atoms with E-state index < -0.39 is 0 Å². The number of anilines is 1. The van der Waals surface area contributed by atoms with E-state index in [9.17, 15) is 5.26 Å². The van der Waals surface area contributed by atoms with Gasteiger partial charge in [0.2, 0.25) is 0 Å². The maximum atomic E-state index is 9.19. The number of benzene rings is 1. The second-order valence-corrected chi connectivity index (χ2v) is 4.35. The first kappa shape index (κ1) is 12.2. The highest BCUT2D eigenvalue weighted by Crippen LogP contribution is 2.23. The zero-order chi connectivity index (χ0) is 13.1. The van der Waals surface area contributed by atoms with Gasteiger partial charge >= 0.3 is 0 Å². The molecule has 0 saturated carbocycles. The molecule has 0 radical (unpaired) electrons. The standard InChI is InChI=1S/C14H16N4/c1-10-5-4-6-13(12(10)9-15)17-11(2)14-7-8-16-18(14)3/h4-8,11,17H,1-3H3. The van der Waals surface area contributed by atoms with Crippen molar-refractivity contribution >= 4 is 5.69 Å². The third-order valence-electron chi connectivity index (χ3n) is 3.06. The number of nitrogens with one attached hydrogen (secondary N) is 1. The lowest BCUT2D eigenvalue weighted by Gasteiger charge is -2.17. The zero-order valence-corrected chi connectivity index (χ0v) is 10.8. The lowest BCUT2D eigenvalue weighted by atomic mass is 10.1. The van der Waals surface area contributed by atoms with Gasteiger partial charge in [0.1, 0.15) is 6.07 Å². The minimum Gasteiger partial charge on any atom is -0.376 e. The van der Waals surface area contributed by atoms with Crippen LogP contribution in [0.2, 0.25) is 0 Å². The topological polar surface area (TPSA) is 53.6 Å².